The number of unbranched alkanes of at least 4 members (excludes halogenated alkanes) is 1. The maximum Gasteiger partial charge on any atom is 0.0368 e. The molecule has 1 aromatic rings. The monoisotopic (exact) mass is 288 g/mol. The lowest BCUT2D eigenvalue weighted by Crippen LogP contribution is -2.47. The maximum absolute atomic E-state index is 3.68. The van der Waals surface area contributed by atoms with Crippen molar-refractivity contribution in [2.24, 2.45) is 0 Å². The second kappa shape index (κ2) is 8.43. The van der Waals surface area contributed by atoms with Gasteiger partial charge in [0.25, 0.3) is 0 Å². The van der Waals surface area contributed by atoms with Crippen LogP contribution in [0.4, 0.5) is 5.69 Å². The van der Waals surface area contributed by atoms with Gasteiger partial charge in [-0.25, -0.2) is 0 Å². The molecular formula is C19H32N2. The average Bonchev–Trinajstić information content (AvgIpc) is 2.52. The number of piperidine rings is 1. The van der Waals surface area contributed by atoms with Crippen LogP contribution in [0.3, 0.4) is 0 Å². The van der Waals surface area contributed by atoms with Crippen molar-refractivity contribution < 1.29 is 0 Å². The number of anilines is 1. The van der Waals surface area contributed by atoms with E-state index in [1.807, 2.05) is 0 Å². The number of nitrogens with zero attached hydrogens (tertiary/aromatic N) is 1. The fourth-order valence-electron chi connectivity index (χ4n) is 3.32. The van der Waals surface area contributed by atoms with Crippen molar-refractivity contribution in [3.05, 3.63) is 29.8 Å². The quantitative estimate of drug-likeness (QED) is 0.800. The third-order valence-electron chi connectivity index (χ3n) is 4.65. The minimum atomic E-state index is 0.634. The van der Waals surface area contributed by atoms with Crippen LogP contribution >= 0.6 is 0 Å². The molecule has 2 heteroatoms. The van der Waals surface area contributed by atoms with Gasteiger partial charge in [0.05, 0.1) is 0 Å². The lowest BCUT2D eigenvalue weighted by atomic mass is 9.97. The molecule has 1 aliphatic heterocycles. The van der Waals surface area contributed by atoms with Gasteiger partial charge in [-0.1, -0.05) is 32.4 Å². The van der Waals surface area contributed by atoms with E-state index < -0.39 is 0 Å². The molecule has 2 unspecified atom stereocenters. The standard InChI is InChI=1S/C19H32N2/c1-4-6-7-17-8-10-19(11-9-17)21-14-12-18(15-16(21)3)20-13-5-2/h8-11,16,18,20H,4-7,12-15H2,1-3H3. The molecule has 1 aromatic carbocycles. The van der Waals surface area contributed by atoms with Crippen molar-refractivity contribution in [2.45, 2.75) is 71.4 Å². The van der Waals surface area contributed by atoms with Crippen LogP contribution in [0.2, 0.25) is 0 Å². The Kier molecular flexibility index (Phi) is 6.56. The Hall–Kier alpha value is -1.02. The molecule has 2 atom stereocenters. The third-order valence-corrected chi connectivity index (χ3v) is 4.65. The Morgan fingerprint density at radius 3 is 2.52 bits per heavy atom. The Morgan fingerprint density at radius 2 is 1.90 bits per heavy atom. The first-order chi connectivity index (χ1) is 10.2. The van der Waals surface area contributed by atoms with Crippen molar-refractivity contribution in [1.29, 1.82) is 0 Å². The van der Waals surface area contributed by atoms with Crippen LogP contribution in [0.15, 0.2) is 24.3 Å². The summed E-state index contributed by atoms with van der Waals surface area (Å²) in [6.45, 7) is 9.20. The van der Waals surface area contributed by atoms with Gasteiger partial charge in [0.1, 0.15) is 0 Å². The van der Waals surface area contributed by atoms with Gasteiger partial charge >= 0.3 is 0 Å². The molecule has 0 spiro atoms. The molecule has 21 heavy (non-hydrogen) atoms. The van der Waals surface area contributed by atoms with Gasteiger partial charge in [-0.2, -0.15) is 0 Å². The number of nitrogens with one attached hydrogen (secondary N) is 1. The number of rotatable bonds is 7. The molecule has 2 nitrogen and oxygen atoms in total. The van der Waals surface area contributed by atoms with Crippen LogP contribution in [0.25, 0.3) is 0 Å². The molecule has 118 valence electrons. The molecule has 0 amide bonds. The van der Waals surface area contributed by atoms with Crippen molar-refractivity contribution in [2.75, 3.05) is 18.0 Å². The van der Waals surface area contributed by atoms with Crippen molar-refractivity contribution >= 4 is 5.69 Å². The summed E-state index contributed by atoms with van der Waals surface area (Å²) < 4.78 is 0. The zero-order valence-electron chi connectivity index (χ0n) is 14.1. The van der Waals surface area contributed by atoms with E-state index in [4.69, 9.17) is 0 Å². The van der Waals surface area contributed by atoms with E-state index in [1.165, 1.54) is 56.3 Å². The summed E-state index contributed by atoms with van der Waals surface area (Å²) >= 11 is 0. The van der Waals surface area contributed by atoms with Crippen molar-refractivity contribution in [3.8, 4) is 0 Å². The van der Waals surface area contributed by atoms with Gasteiger partial charge in [-0.05, 0) is 63.3 Å². The lowest BCUT2D eigenvalue weighted by molar-refractivity contribution is 0.369. The van der Waals surface area contributed by atoms with Crippen LogP contribution in [-0.2, 0) is 6.42 Å². The van der Waals surface area contributed by atoms with Crippen molar-refractivity contribution in [3.63, 3.8) is 0 Å². The molecule has 1 fully saturated rings. The highest BCUT2D eigenvalue weighted by Gasteiger charge is 2.24. The van der Waals surface area contributed by atoms with Gasteiger partial charge in [-0.15, -0.1) is 0 Å². The predicted molar refractivity (Wildman–Crippen MR) is 93.2 cm³/mol. The molecule has 2 rings (SSSR count). The lowest BCUT2D eigenvalue weighted by Gasteiger charge is -2.39. The Bertz CT molecular complexity index is 399. The zero-order valence-corrected chi connectivity index (χ0v) is 14.1. The van der Waals surface area contributed by atoms with Crippen LogP contribution in [0.5, 0.6) is 0 Å². The highest BCUT2D eigenvalue weighted by molar-refractivity contribution is 5.49. The van der Waals surface area contributed by atoms with E-state index in [-0.39, 0.29) is 0 Å². The van der Waals surface area contributed by atoms with Crippen LogP contribution in [-0.4, -0.2) is 25.2 Å². The summed E-state index contributed by atoms with van der Waals surface area (Å²) in [5.74, 6) is 0. The molecule has 0 aliphatic carbocycles. The van der Waals surface area contributed by atoms with E-state index in [0.29, 0.717) is 12.1 Å². The molecular weight excluding hydrogens is 256 g/mol. The smallest absolute Gasteiger partial charge is 0.0368 e. The molecule has 0 aromatic heterocycles. The first kappa shape index (κ1) is 16.4. The highest BCUT2D eigenvalue weighted by Crippen LogP contribution is 2.25. The van der Waals surface area contributed by atoms with E-state index in [0.717, 1.165) is 6.54 Å². The molecule has 1 heterocycles. The van der Waals surface area contributed by atoms with E-state index in [9.17, 15) is 0 Å². The molecule has 1 saturated heterocycles. The Balaban J connectivity index is 1.90. The minimum absolute atomic E-state index is 0.634. The van der Waals surface area contributed by atoms with E-state index >= 15 is 0 Å². The first-order valence-corrected chi connectivity index (χ1v) is 8.83. The minimum Gasteiger partial charge on any atom is -0.369 e. The summed E-state index contributed by atoms with van der Waals surface area (Å²) in [6, 6.07) is 10.6. The van der Waals surface area contributed by atoms with Gasteiger partial charge in [0.2, 0.25) is 0 Å². The summed E-state index contributed by atoms with van der Waals surface area (Å²) in [5.41, 5.74) is 2.88. The van der Waals surface area contributed by atoms with Crippen LogP contribution in [0.1, 0.15) is 58.4 Å². The number of benzene rings is 1. The van der Waals surface area contributed by atoms with Crippen molar-refractivity contribution in [1.82, 2.24) is 5.32 Å². The summed E-state index contributed by atoms with van der Waals surface area (Å²) in [7, 11) is 0. The molecule has 1 N–H and O–H groups in total. The topological polar surface area (TPSA) is 15.3 Å². The third kappa shape index (κ3) is 4.74. The second-order valence-corrected chi connectivity index (χ2v) is 6.49. The fraction of sp³-hybridized carbons (Fsp3) is 0.684. The molecule has 1 aliphatic rings. The molecule has 0 saturated carbocycles. The predicted octanol–water partition coefficient (Wildman–Crippen LogP) is 4.39. The largest absolute Gasteiger partial charge is 0.369 e. The Labute approximate surface area is 130 Å². The first-order valence-electron chi connectivity index (χ1n) is 8.83. The fourth-order valence-corrected chi connectivity index (χ4v) is 3.32. The van der Waals surface area contributed by atoms with Crippen LogP contribution in [0, 0.1) is 0 Å². The van der Waals surface area contributed by atoms with Gasteiger partial charge in [0.15, 0.2) is 0 Å². The summed E-state index contributed by atoms with van der Waals surface area (Å²) in [4.78, 5) is 2.58. The maximum atomic E-state index is 3.68. The van der Waals surface area contributed by atoms with Gasteiger partial charge in [-0.3, -0.25) is 0 Å². The van der Waals surface area contributed by atoms with Crippen LogP contribution < -0.4 is 10.2 Å². The SMILES string of the molecule is CCCCc1ccc(N2CCC(NCCC)CC2C)cc1. The number of hydrogen-bond donors (Lipinski definition) is 1. The number of aryl methyl sites for hydroxylation is 1. The normalized spacial score (nSPS) is 22.5. The average molecular weight is 288 g/mol. The molecule has 0 bridgehead atoms. The van der Waals surface area contributed by atoms with Gasteiger partial charge in [0, 0.05) is 24.3 Å². The van der Waals surface area contributed by atoms with E-state index in [1.54, 1.807) is 0 Å². The summed E-state index contributed by atoms with van der Waals surface area (Å²) in [5, 5.41) is 3.68. The Morgan fingerprint density at radius 1 is 1.14 bits per heavy atom. The van der Waals surface area contributed by atoms with E-state index in [2.05, 4.69) is 55.3 Å². The number of hydrogen-bond acceptors (Lipinski definition) is 2. The summed E-state index contributed by atoms with van der Waals surface area (Å²) in [6.07, 6.45) is 7.55. The van der Waals surface area contributed by atoms with Gasteiger partial charge < -0.3 is 10.2 Å². The second-order valence-electron chi connectivity index (χ2n) is 6.49. The highest BCUT2D eigenvalue weighted by atomic mass is 15.2. The zero-order chi connectivity index (χ0) is 15.1. The molecule has 0 radical (unpaired) electrons.